The number of hydrazine groups is 1. The van der Waals surface area contributed by atoms with Gasteiger partial charge < -0.3 is 14.7 Å². The van der Waals surface area contributed by atoms with Crippen LogP contribution in [0.3, 0.4) is 0 Å². The summed E-state index contributed by atoms with van der Waals surface area (Å²) in [5.41, 5.74) is 1.48. The zero-order valence-corrected chi connectivity index (χ0v) is 12.6. The van der Waals surface area contributed by atoms with Crippen molar-refractivity contribution in [3.8, 4) is 22.8 Å². The molecule has 1 aromatic carbocycles. The molecule has 2 rings (SSSR count). The van der Waals surface area contributed by atoms with Crippen LogP contribution in [-0.4, -0.2) is 29.7 Å². The zero-order chi connectivity index (χ0) is 17.9. The van der Waals surface area contributed by atoms with Gasteiger partial charge in [0, 0.05) is 18.1 Å². The van der Waals surface area contributed by atoms with E-state index in [4.69, 9.17) is 15.3 Å². The molecule has 3 N–H and O–H groups in total. The Hall–Kier alpha value is -3.41. The molecule has 0 unspecified atom stereocenters. The highest BCUT2D eigenvalue weighted by molar-refractivity contribution is 5.78. The fourth-order valence-electron chi connectivity index (χ4n) is 1.88. The van der Waals surface area contributed by atoms with Gasteiger partial charge in [-0.2, -0.15) is 0 Å². The Morgan fingerprint density at radius 1 is 1.50 bits per heavy atom. The number of methoxy groups -OCH3 is 1. The first kappa shape index (κ1) is 17.0. The second-order valence-corrected chi connectivity index (χ2v) is 4.50. The van der Waals surface area contributed by atoms with Crippen molar-refractivity contribution in [2.24, 2.45) is 5.84 Å². The zero-order valence-electron chi connectivity index (χ0n) is 12.6. The third-order valence-corrected chi connectivity index (χ3v) is 3.08. The van der Waals surface area contributed by atoms with E-state index < -0.39 is 23.1 Å². The number of carbonyl (C=O) groups is 1. The Morgan fingerprint density at radius 2 is 2.21 bits per heavy atom. The summed E-state index contributed by atoms with van der Waals surface area (Å²) in [4.78, 5) is 21.9. The second kappa shape index (κ2) is 6.78. The molecule has 0 radical (unpaired) electrons. The highest BCUT2D eigenvalue weighted by atomic mass is 16.8. The van der Waals surface area contributed by atoms with Crippen molar-refractivity contribution in [2.75, 3.05) is 13.7 Å². The van der Waals surface area contributed by atoms with E-state index in [1.54, 1.807) is 0 Å². The number of ether oxygens (including phenoxy) is 2. The first-order valence-electron chi connectivity index (χ1n) is 6.44. The van der Waals surface area contributed by atoms with Gasteiger partial charge in [0.1, 0.15) is 5.56 Å². The molecule has 24 heavy (non-hydrogen) atoms. The highest BCUT2D eigenvalue weighted by Crippen LogP contribution is 2.39. The molecule has 128 valence electrons. The maximum atomic E-state index is 11.3. The molecular weight excluding hydrogens is 326 g/mol. The molecular formula is C12H13N5O7. The summed E-state index contributed by atoms with van der Waals surface area (Å²) in [6, 6.07) is 2.32. The minimum Gasteiger partial charge on any atom is -0.493 e. The molecule has 0 bridgehead atoms. The van der Waals surface area contributed by atoms with Gasteiger partial charge >= 0.3 is 0 Å². The van der Waals surface area contributed by atoms with Gasteiger partial charge in [-0.15, -0.1) is 0 Å². The molecule has 1 amide bonds. The monoisotopic (exact) mass is 339 g/mol. The fraction of sp³-hybridized carbons (Fsp3) is 0.250. The Morgan fingerprint density at radius 3 is 2.71 bits per heavy atom. The third kappa shape index (κ3) is 3.17. The lowest BCUT2D eigenvalue weighted by Gasteiger charge is -2.11. The average Bonchev–Trinajstić information content (AvgIpc) is 2.90. The summed E-state index contributed by atoms with van der Waals surface area (Å²) >= 11 is 0. The lowest BCUT2D eigenvalue weighted by molar-refractivity contribution is -0.806. The predicted molar refractivity (Wildman–Crippen MR) is 76.7 cm³/mol. The molecule has 0 spiro atoms. The van der Waals surface area contributed by atoms with E-state index >= 15 is 0 Å². The standard InChI is InChI=1S/C12H13N5O7/c1-6-12(15-24-17(6)21)7-3-9(22-2)10(4-8(7)16(19)20)23-5-11(18)14-13/h3-4H,5,13H2,1-2H3,(H,14,18). The molecule has 0 saturated heterocycles. The third-order valence-electron chi connectivity index (χ3n) is 3.08. The summed E-state index contributed by atoms with van der Waals surface area (Å²) in [6.07, 6.45) is 0. The number of nitro groups is 1. The number of nitrogens with zero attached hydrogens (tertiary/aromatic N) is 3. The van der Waals surface area contributed by atoms with Crippen LogP contribution in [0.5, 0.6) is 11.5 Å². The van der Waals surface area contributed by atoms with Crippen LogP contribution in [0.4, 0.5) is 5.69 Å². The number of aromatic nitrogens is 2. The molecule has 0 fully saturated rings. The molecule has 0 aliphatic carbocycles. The van der Waals surface area contributed by atoms with Gasteiger partial charge in [-0.3, -0.25) is 25.0 Å². The number of hydrogen-bond donors (Lipinski definition) is 2. The first-order valence-corrected chi connectivity index (χ1v) is 6.44. The first-order chi connectivity index (χ1) is 11.4. The topological polar surface area (TPSA) is 170 Å². The van der Waals surface area contributed by atoms with Gasteiger partial charge in [-0.05, 0) is 4.90 Å². The van der Waals surface area contributed by atoms with E-state index in [1.165, 1.54) is 20.1 Å². The summed E-state index contributed by atoms with van der Waals surface area (Å²) < 4.78 is 14.7. The number of carbonyl (C=O) groups excluding carboxylic acids is 1. The Labute approximate surface area is 134 Å². The van der Waals surface area contributed by atoms with E-state index in [9.17, 15) is 20.1 Å². The number of benzene rings is 1. The van der Waals surface area contributed by atoms with E-state index in [-0.39, 0.29) is 33.4 Å². The molecule has 0 aliphatic rings. The summed E-state index contributed by atoms with van der Waals surface area (Å²) in [5.74, 6) is 4.35. The Bertz CT molecular complexity index is 788. The minimum absolute atomic E-state index is 0.00308. The van der Waals surface area contributed by atoms with Gasteiger partial charge in [0.15, 0.2) is 18.1 Å². The van der Waals surface area contributed by atoms with E-state index in [2.05, 4.69) is 9.79 Å². The summed E-state index contributed by atoms with van der Waals surface area (Å²) in [5, 5.41) is 26.2. The second-order valence-electron chi connectivity index (χ2n) is 4.50. The van der Waals surface area contributed by atoms with Crippen LogP contribution < -0.4 is 25.6 Å². The Balaban J connectivity index is 2.54. The number of amides is 1. The van der Waals surface area contributed by atoms with Crippen molar-refractivity contribution in [2.45, 2.75) is 6.92 Å². The number of hydrogen-bond acceptors (Lipinski definition) is 9. The number of nitrogens with two attached hydrogens (primary N) is 1. The number of nitrogens with one attached hydrogen (secondary N) is 1. The molecule has 2 aromatic rings. The van der Waals surface area contributed by atoms with Crippen LogP contribution in [0, 0.1) is 22.2 Å². The molecule has 0 aliphatic heterocycles. The fourth-order valence-corrected chi connectivity index (χ4v) is 1.88. The van der Waals surface area contributed by atoms with Gasteiger partial charge in [-0.1, -0.05) is 0 Å². The maximum Gasteiger partial charge on any atom is 0.285 e. The average molecular weight is 339 g/mol. The van der Waals surface area contributed by atoms with Crippen molar-refractivity contribution in [3.05, 3.63) is 33.1 Å². The number of rotatable bonds is 6. The van der Waals surface area contributed by atoms with Crippen molar-refractivity contribution in [3.63, 3.8) is 0 Å². The molecule has 0 saturated carbocycles. The lowest BCUT2D eigenvalue weighted by Crippen LogP contribution is -2.34. The normalized spacial score (nSPS) is 10.3. The van der Waals surface area contributed by atoms with Crippen molar-refractivity contribution in [1.29, 1.82) is 0 Å². The van der Waals surface area contributed by atoms with Gasteiger partial charge in [0.05, 0.1) is 18.1 Å². The molecule has 0 atom stereocenters. The van der Waals surface area contributed by atoms with E-state index in [1.807, 2.05) is 5.43 Å². The molecule has 12 nitrogen and oxygen atoms in total. The van der Waals surface area contributed by atoms with Crippen LogP contribution in [0.2, 0.25) is 0 Å². The Kier molecular flexibility index (Phi) is 4.79. The van der Waals surface area contributed by atoms with Gasteiger partial charge in [0.25, 0.3) is 17.3 Å². The summed E-state index contributed by atoms with van der Waals surface area (Å²) in [6.45, 7) is 0.929. The van der Waals surface area contributed by atoms with Crippen LogP contribution >= 0.6 is 0 Å². The van der Waals surface area contributed by atoms with Crippen LogP contribution in [-0.2, 0) is 4.79 Å². The predicted octanol–water partition coefficient (Wildman–Crippen LogP) is -0.431. The van der Waals surface area contributed by atoms with E-state index in [0.29, 0.717) is 0 Å². The van der Waals surface area contributed by atoms with Crippen LogP contribution in [0.1, 0.15) is 5.69 Å². The van der Waals surface area contributed by atoms with Crippen molar-refractivity contribution in [1.82, 2.24) is 10.6 Å². The lowest BCUT2D eigenvalue weighted by atomic mass is 10.1. The highest BCUT2D eigenvalue weighted by Gasteiger charge is 2.28. The smallest absolute Gasteiger partial charge is 0.285 e. The van der Waals surface area contributed by atoms with Gasteiger partial charge in [-0.25, -0.2) is 5.84 Å². The number of nitro benzene ring substituents is 1. The largest absolute Gasteiger partial charge is 0.493 e. The quantitative estimate of drug-likeness (QED) is 0.233. The summed E-state index contributed by atoms with van der Waals surface area (Å²) in [7, 11) is 1.31. The molecule has 12 heteroatoms. The maximum absolute atomic E-state index is 11.3. The van der Waals surface area contributed by atoms with Crippen molar-refractivity contribution < 1.29 is 28.7 Å². The van der Waals surface area contributed by atoms with Gasteiger partial charge in [0.2, 0.25) is 5.69 Å². The molecule has 1 aromatic heterocycles. The van der Waals surface area contributed by atoms with Crippen LogP contribution in [0.25, 0.3) is 11.3 Å². The SMILES string of the molecule is COc1cc(-c2no[n+]([O-])c2C)c([N+](=O)[O-])cc1OCC(=O)NN. The van der Waals surface area contributed by atoms with E-state index in [0.717, 1.165) is 6.07 Å². The van der Waals surface area contributed by atoms with Crippen LogP contribution in [0.15, 0.2) is 16.8 Å². The minimum atomic E-state index is -0.687. The molecule has 1 heterocycles. The van der Waals surface area contributed by atoms with Crippen molar-refractivity contribution >= 4 is 11.6 Å².